The normalized spacial score (nSPS) is 11.8. The van der Waals surface area contributed by atoms with Crippen LogP contribution in [0.15, 0.2) is 102 Å². The number of aromatic nitrogens is 2. The molecule has 0 spiro atoms. The Kier molecular flexibility index (Phi) is 9.03. The van der Waals surface area contributed by atoms with Crippen molar-refractivity contribution >= 4 is 38.6 Å². The number of hydrogen-bond acceptors (Lipinski definition) is 4. The minimum Gasteiger partial charge on any atom is -0.478 e. The summed E-state index contributed by atoms with van der Waals surface area (Å²) in [7, 11) is 1.80. The predicted octanol–water partition coefficient (Wildman–Crippen LogP) is 7.09. The van der Waals surface area contributed by atoms with Crippen LogP contribution in [0.25, 0.3) is 16.5 Å². The molecule has 0 aliphatic carbocycles. The van der Waals surface area contributed by atoms with E-state index in [1.807, 2.05) is 89.6 Å². The third-order valence-corrected chi connectivity index (χ3v) is 7.96. The maximum Gasteiger partial charge on any atom is 0.345 e. The molecule has 0 saturated heterocycles. The van der Waals surface area contributed by atoms with Gasteiger partial charge in [-0.15, -0.1) is 0 Å². The molecular formula is C34H32BrN3O4. The lowest BCUT2D eigenvalue weighted by molar-refractivity contribution is -0.145. The van der Waals surface area contributed by atoms with E-state index in [9.17, 15) is 14.7 Å². The first kappa shape index (κ1) is 29.1. The zero-order valence-electron chi connectivity index (χ0n) is 23.5. The zero-order valence-corrected chi connectivity index (χ0v) is 25.1. The van der Waals surface area contributed by atoms with Crippen LogP contribution in [0.5, 0.6) is 5.75 Å². The Bertz CT molecular complexity index is 1700. The molecule has 1 heterocycles. The van der Waals surface area contributed by atoms with Gasteiger partial charge in [-0.05, 0) is 68.5 Å². The number of amides is 1. The number of halogens is 1. The third-order valence-electron chi connectivity index (χ3n) is 7.14. The van der Waals surface area contributed by atoms with Crippen LogP contribution in [0.4, 0.5) is 0 Å². The van der Waals surface area contributed by atoms with Crippen molar-refractivity contribution in [3.8, 4) is 11.4 Å². The number of aliphatic carboxylic acids is 1. The summed E-state index contributed by atoms with van der Waals surface area (Å²) in [6, 6.07) is 28.9. The number of para-hydroxylation sites is 1. The van der Waals surface area contributed by atoms with Crippen LogP contribution < -0.4 is 4.74 Å². The van der Waals surface area contributed by atoms with E-state index in [2.05, 4.69) is 28.0 Å². The molecule has 1 aromatic heterocycles. The Balaban J connectivity index is 1.33. The molecule has 8 heteroatoms. The lowest BCUT2D eigenvalue weighted by atomic mass is 10.1. The number of benzene rings is 4. The minimum absolute atomic E-state index is 0.0798. The van der Waals surface area contributed by atoms with Crippen LogP contribution in [-0.2, 0) is 24.2 Å². The first-order chi connectivity index (χ1) is 20.4. The van der Waals surface area contributed by atoms with Crippen molar-refractivity contribution < 1.29 is 19.4 Å². The van der Waals surface area contributed by atoms with Crippen molar-refractivity contribution in [2.45, 2.75) is 38.8 Å². The first-order valence-corrected chi connectivity index (χ1v) is 14.7. The fourth-order valence-electron chi connectivity index (χ4n) is 5.04. The number of fused-ring (bicyclic) bond motifs is 1. The molecule has 0 saturated carbocycles. The smallest absolute Gasteiger partial charge is 0.345 e. The van der Waals surface area contributed by atoms with Crippen LogP contribution >= 0.6 is 15.9 Å². The van der Waals surface area contributed by atoms with Gasteiger partial charge in [0.15, 0.2) is 6.10 Å². The second-order valence-corrected chi connectivity index (χ2v) is 11.0. The molecule has 0 aliphatic heterocycles. The van der Waals surface area contributed by atoms with Crippen LogP contribution in [0.1, 0.15) is 40.5 Å². The van der Waals surface area contributed by atoms with Crippen LogP contribution in [0.3, 0.4) is 0 Å². The second-order valence-electron chi connectivity index (χ2n) is 10.2. The standard InChI is InChI=1S/C34H32BrN3O4/c1-3-10-29-28(21-36-38(29)26-13-8-5-9-14-26)33(39)37(2)22-24-15-17-27-25(19-24)16-18-30(32(27)35)42-31(34(40)41)20-23-11-6-4-7-12-23/h4-9,11-19,21,31H,3,10,20,22H2,1-2H3,(H,40,41). The highest BCUT2D eigenvalue weighted by Gasteiger charge is 2.23. The summed E-state index contributed by atoms with van der Waals surface area (Å²) in [4.78, 5) is 27.2. The molecule has 0 aliphatic rings. The van der Waals surface area contributed by atoms with Crippen molar-refractivity contribution in [2.75, 3.05) is 7.05 Å². The summed E-state index contributed by atoms with van der Waals surface area (Å²) in [5.41, 5.74) is 4.30. The summed E-state index contributed by atoms with van der Waals surface area (Å²) in [6.07, 6.45) is 2.53. The van der Waals surface area contributed by atoms with Crippen LogP contribution in [0.2, 0.25) is 0 Å². The number of carbonyl (C=O) groups is 2. The molecule has 1 atom stereocenters. The summed E-state index contributed by atoms with van der Waals surface area (Å²) in [5, 5.41) is 16.2. The van der Waals surface area contributed by atoms with Gasteiger partial charge in [0, 0.05) is 20.0 Å². The van der Waals surface area contributed by atoms with E-state index in [-0.39, 0.29) is 12.3 Å². The third kappa shape index (κ3) is 6.39. The molecule has 7 nitrogen and oxygen atoms in total. The molecule has 1 N–H and O–H groups in total. The molecule has 0 radical (unpaired) electrons. The highest BCUT2D eigenvalue weighted by Crippen LogP contribution is 2.35. The van der Waals surface area contributed by atoms with Gasteiger partial charge in [0.2, 0.25) is 0 Å². The fraction of sp³-hybridized carbons (Fsp3) is 0.206. The maximum atomic E-state index is 13.5. The van der Waals surface area contributed by atoms with Crippen LogP contribution in [-0.4, -0.2) is 44.8 Å². The quantitative estimate of drug-likeness (QED) is 0.169. The van der Waals surface area contributed by atoms with Gasteiger partial charge in [-0.2, -0.15) is 5.10 Å². The number of hydrogen-bond donors (Lipinski definition) is 1. The summed E-state index contributed by atoms with van der Waals surface area (Å²) < 4.78 is 8.49. The number of carboxylic acids is 1. The zero-order chi connectivity index (χ0) is 29.6. The van der Waals surface area contributed by atoms with Gasteiger partial charge in [-0.1, -0.05) is 80.1 Å². The van der Waals surface area contributed by atoms with Gasteiger partial charge in [-0.25, -0.2) is 9.48 Å². The van der Waals surface area contributed by atoms with Gasteiger partial charge in [-0.3, -0.25) is 4.79 Å². The number of ether oxygens (including phenoxy) is 1. The number of carbonyl (C=O) groups excluding carboxylic acids is 1. The van der Waals surface area contributed by atoms with Gasteiger partial charge in [0.05, 0.1) is 27.6 Å². The molecule has 5 rings (SSSR count). The summed E-state index contributed by atoms with van der Waals surface area (Å²) in [5.74, 6) is -0.640. The van der Waals surface area contributed by atoms with E-state index in [4.69, 9.17) is 4.74 Å². The van der Waals surface area contributed by atoms with Gasteiger partial charge in [0.25, 0.3) is 5.91 Å². The Morgan fingerprint density at radius 2 is 1.69 bits per heavy atom. The Morgan fingerprint density at radius 3 is 2.38 bits per heavy atom. The van der Waals surface area contributed by atoms with Crippen molar-refractivity contribution in [1.82, 2.24) is 14.7 Å². The minimum atomic E-state index is -1.02. The van der Waals surface area contributed by atoms with E-state index in [0.717, 1.165) is 46.1 Å². The predicted molar refractivity (Wildman–Crippen MR) is 167 cm³/mol. The lowest BCUT2D eigenvalue weighted by Crippen LogP contribution is -2.29. The number of rotatable bonds is 11. The highest BCUT2D eigenvalue weighted by molar-refractivity contribution is 9.10. The molecular weight excluding hydrogens is 594 g/mol. The molecule has 0 bridgehead atoms. The molecule has 0 fully saturated rings. The van der Waals surface area contributed by atoms with Crippen LogP contribution in [0, 0.1) is 0 Å². The Labute approximate surface area is 253 Å². The first-order valence-electron chi connectivity index (χ1n) is 13.9. The van der Waals surface area contributed by atoms with E-state index >= 15 is 0 Å². The largest absolute Gasteiger partial charge is 0.478 e. The van der Waals surface area contributed by atoms with Crippen molar-refractivity contribution in [1.29, 1.82) is 0 Å². The average molecular weight is 627 g/mol. The summed E-state index contributed by atoms with van der Waals surface area (Å²) >= 11 is 3.63. The van der Waals surface area contributed by atoms with Gasteiger partial charge in [0.1, 0.15) is 5.75 Å². The molecule has 5 aromatic rings. The van der Waals surface area contributed by atoms with Crippen molar-refractivity contribution in [3.63, 3.8) is 0 Å². The molecule has 1 amide bonds. The van der Waals surface area contributed by atoms with E-state index in [0.29, 0.717) is 22.3 Å². The van der Waals surface area contributed by atoms with Gasteiger partial charge >= 0.3 is 5.97 Å². The SMILES string of the molecule is CCCc1c(C(=O)N(C)Cc2ccc3c(Br)c(OC(Cc4ccccc4)C(=O)O)ccc3c2)cnn1-c1ccccc1. The average Bonchev–Trinajstić information content (AvgIpc) is 3.42. The van der Waals surface area contributed by atoms with Crippen molar-refractivity contribution in [2.24, 2.45) is 0 Å². The maximum absolute atomic E-state index is 13.5. The number of nitrogens with zero attached hydrogens (tertiary/aromatic N) is 3. The van der Waals surface area contributed by atoms with Gasteiger partial charge < -0.3 is 14.7 Å². The Morgan fingerprint density at radius 1 is 0.976 bits per heavy atom. The fourth-order valence-corrected chi connectivity index (χ4v) is 5.63. The molecule has 1 unspecified atom stereocenters. The molecule has 214 valence electrons. The Hall–Kier alpha value is -4.43. The number of carboxylic acid groups (broad SMARTS) is 1. The topological polar surface area (TPSA) is 84.7 Å². The second kappa shape index (κ2) is 13.0. The molecule has 42 heavy (non-hydrogen) atoms. The van der Waals surface area contributed by atoms with Crippen molar-refractivity contribution in [3.05, 3.63) is 124 Å². The van der Waals surface area contributed by atoms with E-state index in [1.165, 1.54) is 0 Å². The monoisotopic (exact) mass is 625 g/mol. The molecule has 4 aromatic carbocycles. The van der Waals surface area contributed by atoms with E-state index in [1.54, 1.807) is 24.2 Å². The highest BCUT2D eigenvalue weighted by atomic mass is 79.9. The summed E-state index contributed by atoms with van der Waals surface area (Å²) in [6.45, 7) is 2.51. The lowest BCUT2D eigenvalue weighted by Gasteiger charge is -2.19. The van der Waals surface area contributed by atoms with E-state index < -0.39 is 12.1 Å².